The Hall–Kier alpha value is -0.970. The average molecular weight is 311 g/mol. The highest BCUT2D eigenvalue weighted by Crippen LogP contribution is 2.44. The maximum Gasteiger partial charge on any atom is 0.231 e. The second-order valence-corrected chi connectivity index (χ2v) is 6.39. The Morgan fingerprint density at radius 1 is 1.29 bits per heavy atom. The molecule has 2 aliphatic heterocycles. The number of fused-ring (bicyclic) bond motifs is 1. The zero-order valence-corrected chi connectivity index (χ0v) is 13.5. The van der Waals surface area contributed by atoms with Gasteiger partial charge in [0.05, 0.1) is 0 Å². The fourth-order valence-electron chi connectivity index (χ4n) is 3.14. The van der Waals surface area contributed by atoms with Crippen molar-refractivity contribution in [3.63, 3.8) is 0 Å². The molecule has 116 valence electrons. The van der Waals surface area contributed by atoms with Gasteiger partial charge in [0.1, 0.15) is 0 Å². The van der Waals surface area contributed by atoms with Gasteiger partial charge in [0.2, 0.25) is 6.79 Å². The van der Waals surface area contributed by atoms with Crippen LogP contribution in [0.4, 0.5) is 0 Å². The molecule has 2 heterocycles. The van der Waals surface area contributed by atoms with Crippen LogP contribution in [0.5, 0.6) is 11.5 Å². The molecule has 2 aliphatic rings. The van der Waals surface area contributed by atoms with Crippen LogP contribution in [0.25, 0.3) is 0 Å². The highest BCUT2D eigenvalue weighted by atomic mass is 35.5. The fraction of sp³-hybridized carbons (Fsp3) is 0.625. The molecular weight excluding hydrogens is 288 g/mol. The molecule has 0 bridgehead atoms. The first-order valence-corrected chi connectivity index (χ1v) is 8.08. The van der Waals surface area contributed by atoms with E-state index in [4.69, 9.17) is 21.1 Å². The quantitative estimate of drug-likeness (QED) is 0.927. The molecule has 0 spiro atoms. The average Bonchev–Trinajstić information content (AvgIpc) is 2.92. The van der Waals surface area contributed by atoms with E-state index in [1.165, 1.54) is 11.1 Å². The number of nitrogens with zero attached hydrogens (tertiary/aromatic N) is 1. The third kappa shape index (κ3) is 3.12. The van der Waals surface area contributed by atoms with Crippen LogP contribution in [0.2, 0.25) is 5.02 Å². The Morgan fingerprint density at radius 2 is 2.05 bits per heavy atom. The molecule has 1 saturated heterocycles. The molecule has 5 heteroatoms. The van der Waals surface area contributed by atoms with E-state index in [2.05, 4.69) is 24.1 Å². The van der Waals surface area contributed by atoms with E-state index >= 15 is 0 Å². The standard InChI is InChI=1S/C16H23ClN2O2/c1-11(2)15-12(3-6-19-7-4-18-5-8-19)13(17)9-14-16(15)21-10-20-14/h9,11,18H,3-8,10H2,1-2H3. The largest absolute Gasteiger partial charge is 0.454 e. The van der Waals surface area contributed by atoms with Gasteiger partial charge in [-0.3, -0.25) is 0 Å². The van der Waals surface area contributed by atoms with Gasteiger partial charge in [-0.25, -0.2) is 0 Å². The summed E-state index contributed by atoms with van der Waals surface area (Å²) >= 11 is 6.51. The first kappa shape index (κ1) is 14.9. The Bertz CT molecular complexity index is 513. The van der Waals surface area contributed by atoms with Crippen molar-refractivity contribution >= 4 is 11.6 Å². The molecule has 0 aromatic heterocycles. The highest BCUT2D eigenvalue weighted by Gasteiger charge is 2.25. The van der Waals surface area contributed by atoms with Crippen LogP contribution in [-0.2, 0) is 6.42 Å². The van der Waals surface area contributed by atoms with Crippen LogP contribution in [0, 0.1) is 0 Å². The summed E-state index contributed by atoms with van der Waals surface area (Å²) in [5.41, 5.74) is 2.43. The van der Waals surface area contributed by atoms with Crippen molar-refractivity contribution in [2.45, 2.75) is 26.2 Å². The second-order valence-electron chi connectivity index (χ2n) is 5.98. The van der Waals surface area contributed by atoms with Crippen LogP contribution in [-0.4, -0.2) is 44.4 Å². The van der Waals surface area contributed by atoms with Crippen molar-refractivity contribution < 1.29 is 9.47 Å². The zero-order chi connectivity index (χ0) is 14.8. The van der Waals surface area contributed by atoms with E-state index in [1.807, 2.05) is 6.07 Å². The number of benzene rings is 1. The molecular formula is C16H23ClN2O2. The molecule has 0 atom stereocenters. The number of piperazine rings is 1. The summed E-state index contributed by atoms with van der Waals surface area (Å²) in [7, 11) is 0. The fourth-order valence-corrected chi connectivity index (χ4v) is 3.44. The maximum absolute atomic E-state index is 6.51. The molecule has 0 amide bonds. The van der Waals surface area contributed by atoms with Crippen molar-refractivity contribution in [2.75, 3.05) is 39.5 Å². The van der Waals surface area contributed by atoms with Crippen molar-refractivity contribution in [3.8, 4) is 11.5 Å². The van der Waals surface area contributed by atoms with Gasteiger partial charge < -0.3 is 19.7 Å². The first-order valence-electron chi connectivity index (χ1n) is 7.70. The van der Waals surface area contributed by atoms with Gasteiger partial charge in [0.25, 0.3) is 0 Å². The first-order chi connectivity index (χ1) is 10.2. The normalized spacial score (nSPS) is 18.5. The van der Waals surface area contributed by atoms with Gasteiger partial charge in [-0.05, 0) is 17.9 Å². The SMILES string of the molecule is CC(C)c1c(CCN2CCNCC2)c(Cl)cc2c1OCO2. The van der Waals surface area contributed by atoms with Crippen LogP contribution < -0.4 is 14.8 Å². The van der Waals surface area contributed by atoms with Crippen molar-refractivity contribution in [1.82, 2.24) is 10.2 Å². The second kappa shape index (κ2) is 6.42. The van der Waals surface area contributed by atoms with Gasteiger partial charge >= 0.3 is 0 Å². The van der Waals surface area contributed by atoms with Gasteiger partial charge in [0.15, 0.2) is 11.5 Å². The minimum Gasteiger partial charge on any atom is -0.454 e. The molecule has 0 unspecified atom stereocenters. The lowest BCUT2D eigenvalue weighted by Gasteiger charge is -2.28. The van der Waals surface area contributed by atoms with Gasteiger partial charge in [-0.15, -0.1) is 0 Å². The zero-order valence-electron chi connectivity index (χ0n) is 12.7. The monoisotopic (exact) mass is 310 g/mol. The van der Waals surface area contributed by atoms with Crippen molar-refractivity contribution in [3.05, 3.63) is 22.2 Å². The van der Waals surface area contributed by atoms with Crippen LogP contribution in [0.1, 0.15) is 30.9 Å². The van der Waals surface area contributed by atoms with Crippen LogP contribution >= 0.6 is 11.6 Å². The lowest BCUT2D eigenvalue weighted by Crippen LogP contribution is -2.44. The summed E-state index contributed by atoms with van der Waals surface area (Å²) in [6.07, 6.45) is 0.961. The van der Waals surface area contributed by atoms with E-state index in [0.29, 0.717) is 12.7 Å². The summed E-state index contributed by atoms with van der Waals surface area (Å²) < 4.78 is 11.2. The van der Waals surface area contributed by atoms with Gasteiger partial charge in [-0.2, -0.15) is 0 Å². The smallest absolute Gasteiger partial charge is 0.231 e. The molecule has 1 N–H and O–H groups in total. The molecule has 0 radical (unpaired) electrons. The van der Waals surface area contributed by atoms with E-state index in [-0.39, 0.29) is 0 Å². The minimum absolute atomic E-state index is 0.298. The molecule has 1 aromatic carbocycles. The lowest BCUT2D eigenvalue weighted by molar-refractivity contribution is 0.173. The number of hydrogen-bond acceptors (Lipinski definition) is 4. The third-order valence-electron chi connectivity index (χ3n) is 4.22. The molecule has 1 fully saturated rings. The van der Waals surface area contributed by atoms with E-state index in [0.717, 1.165) is 55.7 Å². The maximum atomic E-state index is 6.51. The molecule has 3 rings (SSSR count). The van der Waals surface area contributed by atoms with E-state index in [9.17, 15) is 0 Å². The van der Waals surface area contributed by atoms with Crippen molar-refractivity contribution in [2.24, 2.45) is 0 Å². The number of halogens is 1. The number of rotatable bonds is 4. The number of ether oxygens (including phenoxy) is 2. The molecule has 0 aliphatic carbocycles. The van der Waals surface area contributed by atoms with Crippen LogP contribution in [0.15, 0.2) is 6.07 Å². The summed E-state index contributed by atoms with van der Waals surface area (Å²) in [5.74, 6) is 2.05. The molecule has 1 aromatic rings. The van der Waals surface area contributed by atoms with Gasteiger partial charge in [0, 0.05) is 49.4 Å². The predicted octanol–water partition coefficient (Wildman–Crippen LogP) is 2.64. The number of nitrogens with one attached hydrogen (secondary N) is 1. The molecule has 4 nitrogen and oxygen atoms in total. The Labute approximate surface area is 131 Å². The van der Waals surface area contributed by atoms with Gasteiger partial charge in [-0.1, -0.05) is 25.4 Å². The Kier molecular flexibility index (Phi) is 4.57. The highest BCUT2D eigenvalue weighted by molar-refractivity contribution is 6.31. The lowest BCUT2D eigenvalue weighted by atomic mass is 9.93. The number of hydrogen-bond donors (Lipinski definition) is 1. The predicted molar refractivity (Wildman–Crippen MR) is 84.7 cm³/mol. The topological polar surface area (TPSA) is 33.7 Å². The summed E-state index contributed by atoms with van der Waals surface area (Å²) in [6.45, 7) is 10.1. The molecule has 0 saturated carbocycles. The van der Waals surface area contributed by atoms with E-state index in [1.54, 1.807) is 0 Å². The van der Waals surface area contributed by atoms with E-state index < -0.39 is 0 Å². The van der Waals surface area contributed by atoms with Crippen molar-refractivity contribution in [1.29, 1.82) is 0 Å². The molecule has 21 heavy (non-hydrogen) atoms. The summed E-state index contributed by atoms with van der Waals surface area (Å²) in [6, 6.07) is 1.91. The Balaban J connectivity index is 1.83. The summed E-state index contributed by atoms with van der Waals surface area (Å²) in [4.78, 5) is 2.49. The minimum atomic E-state index is 0.298. The van der Waals surface area contributed by atoms with Crippen LogP contribution in [0.3, 0.4) is 0 Å². The Morgan fingerprint density at radius 3 is 2.76 bits per heavy atom. The summed E-state index contributed by atoms with van der Waals surface area (Å²) in [5, 5.41) is 4.19. The third-order valence-corrected chi connectivity index (χ3v) is 4.56.